The molecular formula is C14H13N5O3. The fourth-order valence-electron chi connectivity index (χ4n) is 2.01. The average molecular weight is 299 g/mol. The molecule has 0 saturated carbocycles. The van der Waals surface area contributed by atoms with Gasteiger partial charge in [-0.2, -0.15) is 0 Å². The number of hydrogen-bond donors (Lipinski definition) is 2. The van der Waals surface area contributed by atoms with E-state index in [0.29, 0.717) is 28.3 Å². The van der Waals surface area contributed by atoms with Gasteiger partial charge in [0, 0.05) is 6.07 Å². The molecule has 3 N–H and O–H groups in total. The van der Waals surface area contributed by atoms with Gasteiger partial charge in [-0.15, -0.1) is 5.10 Å². The molecule has 0 radical (unpaired) electrons. The van der Waals surface area contributed by atoms with Crippen LogP contribution >= 0.6 is 0 Å². The molecule has 8 heteroatoms. The zero-order valence-corrected chi connectivity index (χ0v) is 11.7. The van der Waals surface area contributed by atoms with Gasteiger partial charge in [-0.25, -0.2) is 14.9 Å². The number of rotatable bonds is 4. The molecule has 0 amide bonds. The zero-order chi connectivity index (χ0) is 15.5. The highest BCUT2D eigenvalue weighted by Gasteiger charge is 2.10. The van der Waals surface area contributed by atoms with E-state index in [2.05, 4.69) is 20.4 Å². The lowest BCUT2D eigenvalue weighted by molar-refractivity contribution is 0.0600. The summed E-state index contributed by atoms with van der Waals surface area (Å²) in [6.45, 7) is 0.246. The molecule has 0 aliphatic carbocycles. The number of hydrogen-bond acceptors (Lipinski definition) is 7. The summed E-state index contributed by atoms with van der Waals surface area (Å²) in [5, 5.41) is 10.2. The third-order valence-electron chi connectivity index (χ3n) is 3.03. The highest BCUT2D eigenvalue weighted by Crippen LogP contribution is 2.24. The molecule has 0 spiro atoms. The molecule has 0 bridgehead atoms. The van der Waals surface area contributed by atoms with Crippen LogP contribution in [-0.2, 0) is 11.3 Å². The van der Waals surface area contributed by atoms with Crippen LogP contribution in [0.25, 0.3) is 11.2 Å². The van der Waals surface area contributed by atoms with E-state index in [0.717, 1.165) is 5.56 Å². The second-order valence-electron chi connectivity index (χ2n) is 4.53. The Bertz CT molecular complexity index is 830. The molecule has 112 valence electrons. The number of nitrogens with two attached hydrogens (primary N) is 1. The molecule has 0 atom stereocenters. The smallest absolute Gasteiger partial charge is 0.337 e. The molecule has 0 aliphatic rings. The number of nitrogens with zero attached hydrogens (tertiary/aromatic N) is 3. The van der Waals surface area contributed by atoms with Crippen molar-refractivity contribution in [3.8, 4) is 5.75 Å². The van der Waals surface area contributed by atoms with E-state index in [-0.39, 0.29) is 6.61 Å². The van der Waals surface area contributed by atoms with Crippen molar-refractivity contribution in [2.45, 2.75) is 6.61 Å². The normalized spacial score (nSPS) is 10.6. The van der Waals surface area contributed by atoms with Gasteiger partial charge < -0.3 is 15.2 Å². The Morgan fingerprint density at radius 1 is 1.36 bits per heavy atom. The van der Waals surface area contributed by atoms with Gasteiger partial charge >= 0.3 is 5.97 Å². The SMILES string of the molecule is COC(=O)c1cccc(COc2cc(N)nc3[nH]nnc23)c1. The summed E-state index contributed by atoms with van der Waals surface area (Å²) in [5.74, 6) is 0.380. The molecule has 22 heavy (non-hydrogen) atoms. The third-order valence-corrected chi connectivity index (χ3v) is 3.03. The molecule has 3 rings (SSSR count). The molecule has 0 unspecified atom stereocenters. The fourth-order valence-corrected chi connectivity index (χ4v) is 2.01. The molecule has 2 aromatic heterocycles. The maximum atomic E-state index is 11.5. The molecular weight excluding hydrogens is 286 g/mol. The molecule has 8 nitrogen and oxygen atoms in total. The van der Waals surface area contributed by atoms with Crippen LogP contribution in [-0.4, -0.2) is 33.5 Å². The number of nitrogen functional groups attached to an aromatic ring is 1. The lowest BCUT2D eigenvalue weighted by Crippen LogP contribution is -2.03. The van der Waals surface area contributed by atoms with Gasteiger partial charge in [0.15, 0.2) is 16.9 Å². The van der Waals surface area contributed by atoms with E-state index in [1.165, 1.54) is 7.11 Å². The molecule has 0 saturated heterocycles. The number of nitrogens with one attached hydrogen (secondary N) is 1. The van der Waals surface area contributed by atoms with Crippen molar-refractivity contribution in [3.05, 3.63) is 41.5 Å². The van der Waals surface area contributed by atoms with Crippen LogP contribution in [0.15, 0.2) is 30.3 Å². The van der Waals surface area contributed by atoms with Crippen molar-refractivity contribution in [1.29, 1.82) is 0 Å². The number of carbonyl (C=O) groups excluding carboxylic acids is 1. The van der Waals surface area contributed by atoms with Gasteiger partial charge in [-0.05, 0) is 17.7 Å². The quantitative estimate of drug-likeness (QED) is 0.697. The first-order valence-corrected chi connectivity index (χ1v) is 6.44. The van der Waals surface area contributed by atoms with Crippen LogP contribution in [0.4, 0.5) is 5.82 Å². The van der Waals surface area contributed by atoms with Gasteiger partial charge in [-0.1, -0.05) is 17.3 Å². The van der Waals surface area contributed by atoms with E-state index in [9.17, 15) is 4.79 Å². The van der Waals surface area contributed by atoms with Crippen LogP contribution in [0.3, 0.4) is 0 Å². The first kappa shape index (κ1) is 13.8. The average Bonchev–Trinajstić information content (AvgIpc) is 3.00. The lowest BCUT2D eigenvalue weighted by Gasteiger charge is -2.08. The van der Waals surface area contributed by atoms with Gasteiger partial charge in [0.2, 0.25) is 0 Å². The zero-order valence-electron chi connectivity index (χ0n) is 11.7. The topological polar surface area (TPSA) is 116 Å². The third kappa shape index (κ3) is 2.66. The van der Waals surface area contributed by atoms with Crippen molar-refractivity contribution in [1.82, 2.24) is 20.4 Å². The Morgan fingerprint density at radius 2 is 2.23 bits per heavy atom. The number of aromatic nitrogens is 4. The molecule has 1 aromatic carbocycles. The number of esters is 1. The van der Waals surface area contributed by atoms with Gasteiger partial charge in [0.25, 0.3) is 0 Å². The number of pyridine rings is 1. The maximum Gasteiger partial charge on any atom is 0.337 e. The summed E-state index contributed by atoms with van der Waals surface area (Å²) in [7, 11) is 1.34. The standard InChI is InChI=1S/C14H13N5O3/c1-21-14(20)9-4-2-3-8(5-9)7-22-10-6-11(15)16-13-12(10)17-19-18-13/h2-6H,7H2,1H3,(H3,15,16,17,18,19). The second kappa shape index (κ2) is 5.68. The maximum absolute atomic E-state index is 11.5. The largest absolute Gasteiger partial charge is 0.486 e. The highest BCUT2D eigenvalue weighted by atomic mass is 16.5. The van der Waals surface area contributed by atoms with E-state index < -0.39 is 5.97 Å². The number of fused-ring (bicyclic) bond motifs is 1. The van der Waals surface area contributed by atoms with Crippen molar-refractivity contribution < 1.29 is 14.3 Å². The summed E-state index contributed by atoms with van der Waals surface area (Å²) in [5.41, 5.74) is 7.94. The Balaban J connectivity index is 1.82. The van der Waals surface area contributed by atoms with Crippen LogP contribution in [0, 0.1) is 0 Å². The van der Waals surface area contributed by atoms with E-state index in [4.69, 9.17) is 15.2 Å². The molecule has 3 aromatic rings. The van der Waals surface area contributed by atoms with E-state index in [1.54, 1.807) is 24.3 Å². The summed E-state index contributed by atoms with van der Waals surface area (Å²) in [6, 6.07) is 8.56. The van der Waals surface area contributed by atoms with Crippen LogP contribution in [0.2, 0.25) is 0 Å². The summed E-state index contributed by atoms with van der Waals surface area (Å²) < 4.78 is 10.4. The van der Waals surface area contributed by atoms with E-state index >= 15 is 0 Å². The number of methoxy groups -OCH3 is 1. The first-order valence-electron chi connectivity index (χ1n) is 6.44. The van der Waals surface area contributed by atoms with Gasteiger partial charge in [-0.3, -0.25) is 0 Å². The number of aromatic amines is 1. The Labute approximate surface area is 125 Å². The minimum atomic E-state index is -0.395. The number of ether oxygens (including phenoxy) is 2. The minimum absolute atomic E-state index is 0.246. The predicted molar refractivity (Wildman–Crippen MR) is 78.2 cm³/mol. The molecule has 0 fully saturated rings. The van der Waals surface area contributed by atoms with Crippen molar-refractivity contribution in [2.75, 3.05) is 12.8 Å². The van der Waals surface area contributed by atoms with E-state index in [1.807, 2.05) is 6.07 Å². The summed E-state index contributed by atoms with van der Waals surface area (Å²) >= 11 is 0. The van der Waals surface area contributed by atoms with Crippen LogP contribution < -0.4 is 10.5 Å². The second-order valence-corrected chi connectivity index (χ2v) is 4.53. The Hall–Kier alpha value is -3.16. The van der Waals surface area contributed by atoms with Crippen LogP contribution in [0.1, 0.15) is 15.9 Å². The first-order chi connectivity index (χ1) is 10.7. The lowest BCUT2D eigenvalue weighted by atomic mass is 10.1. The highest BCUT2D eigenvalue weighted by molar-refractivity contribution is 5.89. The van der Waals surface area contributed by atoms with Gasteiger partial charge in [0.1, 0.15) is 12.4 Å². The predicted octanol–water partition coefficient (Wildman–Crippen LogP) is 1.30. The monoisotopic (exact) mass is 299 g/mol. The number of benzene rings is 1. The molecule has 2 heterocycles. The Morgan fingerprint density at radius 3 is 3.05 bits per heavy atom. The summed E-state index contributed by atoms with van der Waals surface area (Å²) in [4.78, 5) is 15.6. The van der Waals surface area contributed by atoms with Crippen molar-refractivity contribution in [3.63, 3.8) is 0 Å². The van der Waals surface area contributed by atoms with Gasteiger partial charge in [0.05, 0.1) is 12.7 Å². The molecule has 0 aliphatic heterocycles. The minimum Gasteiger partial charge on any atom is -0.486 e. The Kier molecular flexibility index (Phi) is 3.57. The number of anilines is 1. The fraction of sp³-hybridized carbons (Fsp3) is 0.143. The number of H-pyrrole nitrogens is 1. The number of carbonyl (C=O) groups is 1. The van der Waals surface area contributed by atoms with Crippen molar-refractivity contribution in [2.24, 2.45) is 0 Å². The van der Waals surface area contributed by atoms with Crippen molar-refractivity contribution >= 4 is 23.0 Å². The summed E-state index contributed by atoms with van der Waals surface area (Å²) in [6.07, 6.45) is 0. The van der Waals surface area contributed by atoms with Crippen LogP contribution in [0.5, 0.6) is 5.75 Å².